The van der Waals surface area contributed by atoms with Gasteiger partial charge in [-0.05, 0) is 24.6 Å². The van der Waals surface area contributed by atoms with Crippen LogP contribution in [0.25, 0.3) is 0 Å². The molecule has 0 bridgehead atoms. The zero-order chi connectivity index (χ0) is 13.8. The number of hydrogen-bond donors (Lipinski definition) is 2. The lowest BCUT2D eigenvalue weighted by Crippen LogP contribution is -1.99. The first-order chi connectivity index (χ1) is 9.10. The molecule has 5 nitrogen and oxygen atoms in total. The van der Waals surface area contributed by atoms with Crippen LogP contribution in [0.1, 0.15) is 29.5 Å². The predicted octanol–water partition coefficient (Wildman–Crippen LogP) is 3.07. The van der Waals surface area contributed by atoms with Crippen molar-refractivity contribution in [2.75, 3.05) is 5.32 Å². The van der Waals surface area contributed by atoms with Gasteiger partial charge in [0.15, 0.2) is 0 Å². The van der Waals surface area contributed by atoms with Gasteiger partial charge < -0.3 is 10.4 Å². The largest absolute Gasteiger partial charge is 0.478 e. The lowest BCUT2D eigenvalue weighted by molar-refractivity contribution is 0.0696. The minimum absolute atomic E-state index is 0.0908. The van der Waals surface area contributed by atoms with Gasteiger partial charge in [0, 0.05) is 18.0 Å². The first-order valence-corrected chi connectivity index (χ1v) is 6.50. The Morgan fingerprint density at radius 1 is 1.53 bits per heavy atom. The molecule has 2 rings (SSSR count). The van der Waals surface area contributed by atoms with E-state index in [-0.39, 0.29) is 11.3 Å². The Morgan fingerprint density at radius 3 is 2.95 bits per heavy atom. The van der Waals surface area contributed by atoms with Crippen molar-refractivity contribution in [1.82, 2.24) is 9.36 Å². The fourth-order valence-corrected chi connectivity index (χ4v) is 2.12. The van der Waals surface area contributed by atoms with Crippen LogP contribution in [0.15, 0.2) is 18.2 Å². The van der Waals surface area contributed by atoms with Gasteiger partial charge in [-0.2, -0.15) is 4.37 Å². The molecule has 2 aromatic rings. The normalized spacial score (nSPS) is 10.4. The van der Waals surface area contributed by atoms with Crippen molar-refractivity contribution < 1.29 is 14.3 Å². The minimum Gasteiger partial charge on any atom is -0.478 e. The SMILES string of the molecule is CCCc1nsc(Nc2ccc(C(=O)O)cc2F)n1. The van der Waals surface area contributed by atoms with E-state index in [9.17, 15) is 9.18 Å². The molecule has 0 amide bonds. The van der Waals surface area contributed by atoms with Crippen LogP contribution in [0.3, 0.4) is 0 Å². The number of anilines is 2. The second-order valence-electron chi connectivity index (χ2n) is 3.89. The fraction of sp³-hybridized carbons (Fsp3) is 0.250. The Morgan fingerprint density at radius 2 is 2.32 bits per heavy atom. The number of rotatable bonds is 5. The van der Waals surface area contributed by atoms with Crippen LogP contribution in [-0.4, -0.2) is 20.4 Å². The van der Waals surface area contributed by atoms with Crippen molar-refractivity contribution in [3.05, 3.63) is 35.4 Å². The summed E-state index contributed by atoms with van der Waals surface area (Å²) < 4.78 is 17.8. The average molecular weight is 281 g/mol. The van der Waals surface area contributed by atoms with E-state index in [1.807, 2.05) is 6.92 Å². The lowest BCUT2D eigenvalue weighted by atomic mass is 10.2. The Balaban J connectivity index is 2.16. The van der Waals surface area contributed by atoms with Crippen LogP contribution >= 0.6 is 11.5 Å². The Hall–Kier alpha value is -2.02. The minimum atomic E-state index is -1.16. The summed E-state index contributed by atoms with van der Waals surface area (Å²) in [5.74, 6) is -1.07. The van der Waals surface area contributed by atoms with Gasteiger partial charge in [0.2, 0.25) is 5.13 Å². The fourth-order valence-electron chi connectivity index (χ4n) is 1.49. The first-order valence-electron chi connectivity index (χ1n) is 5.72. The number of nitrogens with one attached hydrogen (secondary N) is 1. The molecule has 2 N–H and O–H groups in total. The molecule has 19 heavy (non-hydrogen) atoms. The molecule has 0 aliphatic rings. The molecule has 0 atom stereocenters. The highest BCUT2D eigenvalue weighted by molar-refractivity contribution is 7.09. The molecule has 0 aliphatic carbocycles. The summed E-state index contributed by atoms with van der Waals surface area (Å²) in [6.07, 6.45) is 1.72. The van der Waals surface area contributed by atoms with Gasteiger partial charge in [-0.25, -0.2) is 14.2 Å². The van der Waals surface area contributed by atoms with Gasteiger partial charge in [0.25, 0.3) is 0 Å². The molecule has 0 aliphatic heterocycles. The van der Waals surface area contributed by atoms with E-state index < -0.39 is 11.8 Å². The molecule has 0 fully saturated rings. The van der Waals surface area contributed by atoms with Gasteiger partial charge in [0.1, 0.15) is 11.6 Å². The lowest BCUT2D eigenvalue weighted by Gasteiger charge is -2.04. The monoisotopic (exact) mass is 281 g/mol. The van der Waals surface area contributed by atoms with Crippen LogP contribution in [0.4, 0.5) is 15.2 Å². The smallest absolute Gasteiger partial charge is 0.335 e. The number of aromatic carboxylic acids is 1. The van der Waals surface area contributed by atoms with Crippen molar-refractivity contribution in [1.29, 1.82) is 0 Å². The molecule has 1 heterocycles. The maximum atomic E-state index is 13.7. The van der Waals surface area contributed by atoms with Crippen molar-refractivity contribution in [3.63, 3.8) is 0 Å². The zero-order valence-corrected chi connectivity index (χ0v) is 11.0. The summed E-state index contributed by atoms with van der Waals surface area (Å²) in [6, 6.07) is 3.68. The van der Waals surface area contributed by atoms with E-state index in [1.54, 1.807) is 0 Å². The molecule has 0 spiro atoms. The summed E-state index contributed by atoms with van der Waals surface area (Å²) in [4.78, 5) is 14.9. The Bertz CT molecular complexity index is 600. The number of benzene rings is 1. The number of carbonyl (C=O) groups is 1. The number of carboxylic acid groups (broad SMARTS) is 1. The highest BCUT2D eigenvalue weighted by Crippen LogP contribution is 2.22. The van der Waals surface area contributed by atoms with E-state index >= 15 is 0 Å². The van der Waals surface area contributed by atoms with Crippen LogP contribution in [0.5, 0.6) is 0 Å². The second-order valence-corrected chi connectivity index (χ2v) is 4.64. The van der Waals surface area contributed by atoms with Crippen LogP contribution in [-0.2, 0) is 6.42 Å². The van der Waals surface area contributed by atoms with Gasteiger partial charge in [0.05, 0.1) is 11.3 Å². The summed E-state index contributed by atoms with van der Waals surface area (Å²) in [6.45, 7) is 2.03. The molecule has 0 radical (unpaired) electrons. The van der Waals surface area contributed by atoms with E-state index in [0.717, 1.165) is 36.3 Å². The van der Waals surface area contributed by atoms with Crippen molar-refractivity contribution in [2.24, 2.45) is 0 Å². The molecular formula is C12H12FN3O2S. The van der Waals surface area contributed by atoms with Crippen molar-refractivity contribution >= 4 is 28.3 Å². The zero-order valence-electron chi connectivity index (χ0n) is 10.2. The maximum absolute atomic E-state index is 13.7. The first kappa shape index (κ1) is 13.4. The van der Waals surface area contributed by atoms with Crippen LogP contribution in [0.2, 0.25) is 0 Å². The molecule has 0 saturated carbocycles. The van der Waals surface area contributed by atoms with Gasteiger partial charge in [-0.1, -0.05) is 6.92 Å². The second kappa shape index (κ2) is 5.75. The van der Waals surface area contributed by atoms with Gasteiger partial charge >= 0.3 is 5.97 Å². The summed E-state index contributed by atoms with van der Waals surface area (Å²) in [5.41, 5.74) is 0.0937. The molecule has 100 valence electrons. The number of aryl methyl sites for hydroxylation is 1. The van der Waals surface area contributed by atoms with Crippen LogP contribution < -0.4 is 5.32 Å². The third-order valence-corrected chi connectivity index (χ3v) is 3.07. The number of aromatic nitrogens is 2. The number of halogens is 1. The molecule has 1 aromatic carbocycles. The third-order valence-electron chi connectivity index (χ3n) is 2.40. The van der Waals surface area contributed by atoms with Gasteiger partial charge in [-0.3, -0.25) is 0 Å². The number of carboxylic acids is 1. The quantitative estimate of drug-likeness (QED) is 0.881. The topological polar surface area (TPSA) is 75.1 Å². The van der Waals surface area contributed by atoms with Gasteiger partial charge in [-0.15, -0.1) is 0 Å². The average Bonchev–Trinajstić information content (AvgIpc) is 2.79. The highest BCUT2D eigenvalue weighted by Gasteiger charge is 2.10. The van der Waals surface area contributed by atoms with E-state index in [2.05, 4.69) is 14.7 Å². The van der Waals surface area contributed by atoms with E-state index in [4.69, 9.17) is 5.11 Å². The van der Waals surface area contributed by atoms with Crippen molar-refractivity contribution in [2.45, 2.75) is 19.8 Å². The number of nitrogens with zero attached hydrogens (tertiary/aromatic N) is 2. The summed E-state index contributed by atoms with van der Waals surface area (Å²) >= 11 is 1.15. The highest BCUT2D eigenvalue weighted by atomic mass is 32.1. The van der Waals surface area contributed by atoms with Crippen LogP contribution in [0, 0.1) is 5.82 Å². The van der Waals surface area contributed by atoms with Crippen molar-refractivity contribution in [3.8, 4) is 0 Å². The standard InChI is InChI=1S/C12H12FN3O2S/c1-2-3-10-15-12(19-16-10)14-9-5-4-7(11(17)18)6-8(9)13/h4-6H,2-3H2,1H3,(H,17,18)(H,14,15,16). The Kier molecular flexibility index (Phi) is 4.06. The summed E-state index contributed by atoms with van der Waals surface area (Å²) in [7, 11) is 0. The molecule has 0 unspecified atom stereocenters. The molecule has 1 aromatic heterocycles. The predicted molar refractivity (Wildman–Crippen MR) is 70.5 cm³/mol. The molecule has 7 heteroatoms. The third kappa shape index (κ3) is 3.25. The summed E-state index contributed by atoms with van der Waals surface area (Å²) in [5, 5.41) is 12.0. The maximum Gasteiger partial charge on any atom is 0.335 e. The Labute approximate surface area is 113 Å². The molecule has 0 saturated heterocycles. The van der Waals surface area contributed by atoms with E-state index in [0.29, 0.717) is 5.13 Å². The molecular weight excluding hydrogens is 269 g/mol. The number of hydrogen-bond acceptors (Lipinski definition) is 5. The van der Waals surface area contributed by atoms with E-state index in [1.165, 1.54) is 12.1 Å².